The third-order valence-electron chi connectivity index (χ3n) is 8.45. The fourth-order valence-electron chi connectivity index (χ4n) is 6.74. The molecule has 4 aromatic carbocycles. The summed E-state index contributed by atoms with van der Waals surface area (Å²) in [7, 11) is 0. The number of benzene rings is 4. The molecule has 0 unspecified atom stereocenters. The number of rotatable bonds is 5. The number of halogens is 2. The van der Waals surface area contributed by atoms with Gasteiger partial charge in [0, 0.05) is 28.0 Å². The second-order valence-corrected chi connectivity index (χ2v) is 11.0. The number of hydrogen-bond donors (Lipinski definition) is 0. The van der Waals surface area contributed by atoms with Crippen LogP contribution in [0.3, 0.4) is 0 Å². The van der Waals surface area contributed by atoms with E-state index in [0.717, 1.165) is 44.4 Å². The number of amides is 3. The van der Waals surface area contributed by atoms with Crippen LogP contribution in [0.1, 0.15) is 54.8 Å². The molecule has 1 fully saturated rings. The first kappa shape index (κ1) is 25.4. The van der Waals surface area contributed by atoms with Gasteiger partial charge in [-0.2, -0.15) is 5.01 Å². The van der Waals surface area contributed by atoms with Gasteiger partial charge in [-0.05, 0) is 70.8 Å². The Balaban J connectivity index is 1.33. The zero-order chi connectivity index (χ0) is 28.4. The molecular formula is C33H22ClFN2O4. The van der Waals surface area contributed by atoms with Crippen LogP contribution in [0.25, 0.3) is 0 Å². The van der Waals surface area contributed by atoms with E-state index in [-0.39, 0.29) is 23.0 Å². The summed E-state index contributed by atoms with van der Waals surface area (Å²) in [5.41, 5.74) is 4.30. The number of hydrogen-bond acceptors (Lipinski definition) is 4. The zero-order valence-corrected chi connectivity index (χ0v) is 22.3. The van der Waals surface area contributed by atoms with Crippen LogP contribution in [-0.4, -0.2) is 40.1 Å². The molecular weight excluding hydrogens is 543 g/mol. The van der Waals surface area contributed by atoms with Crippen molar-refractivity contribution in [2.24, 2.45) is 11.8 Å². The highest BCUT2D eigenvalue weighted by molar-refractivity contribution is 6.30. The lowest BCUT2D eigenvalue weighted by Crippen LogP contribution is -2.52. The monoisotopic (exact) mass is 564 g/mol. The lowest BCUT2D eigenvalue weighted by molar-refractivity contribution is -0.154. The van der Waals surface area contributed by atoms with Gasteiger partial charge in [-0.25, -0.2) is 9.40 Å². The number of Topliss-reactive ketones (excluding diaryl/α,β-unsaturated/α-hetero) is 1. The van der Waals surface area contributed by atoms with Crippen LogP contribution in [0.15, 0.2) is 97.1 Å². The number of ketones is 1. The summed E-state index contributed by atoms with van der Waals surface area (Å²) in [6, 6.07) is 26.6. The molecule has 41 heavy (non-hydrogen) atoms. The number of imide groups is 1. The first-order valence-corrected chi connectivity index (χ1v) is 13.6. The third-order valence-corrected chi connectivity index (χ3v) is 8.70. The van der Waals surface area contributed by atoms with Gasteiger partial charge in [0.1, 0.15) is 12.4 Å². The van der Waals surface area contributed by atoms with Crippen LogP contribution in [-0.2, 0) is 9.59 Å². The Morgan fingerprint density at radius 1 is 0.683 bits per heavy atom. The van der Waals surface area contributed by atoms with Crippen molar-refractivity contribution < 1.29 is 23.6 Å². The maximum Gasteiger partial charge on any atom is 0.273 e. The minimum absolute atomic E-state index is 0.150. The molecule has 8 rings (SSSR count). The van der Waals surface area contributed by atoms with E-state index in [1.165, 1.54) is 36.4 Å². The minimum Gasteiger partial charge on any atom is -0.292 e. The van der Waals surface area contributed by atoms with E-state index >= 15 is 0 Å². The molecule has 6 nitrogen and oxygen atoms in total. The summed E-state index contributed by atoms with van der Waals surface area (Å²) in [5, 5.41) is 2.22. The lowest BCUT2D eigenvalue weighted by Gasteiger charge is -2.45. The lowest BCUT2D eigenvalue weighted by atomic mass is 9.55. The van der Waals surface area contributed by atoms with Gasteiger partial charge < -0.3 is 0 Å². The van der Waals surface area contributed by atoms with Crippen molar-refractivity contribution in [2.45, 2.75) is 11.8 Å². The molecule has 0 saturated carbocycles. The molecule has 1 saturated heterocycles. The maximum atomic E-state index is 14.3. The predicted molar refractivity (Wildman–Crippen MR) is 149 cm³/mol. The van der Waals surface area contributed by atoms with Crippen LogP contribution < -0.4 is 0 Å². The Labute approximate surface area is 239 Å². The maximum absolute atomic E-state index is 14.3. The van der Waals surface area contributed by atoms with Gasteiger partial charge in [-0.3, -0.25) is 19.2 Å². The van der Waals surface area contributed by atoms with Gasteiger partial charge in [0.15, 0.2) is 5.78 Å². The summed E-state index contributed by atoms with van der Waals surface area (Å²) in [6.07, 6.45) is 0. The van der Waals surface area contributed by atoms with Crippen LogP contribution in [0.5, 0.6) is 0 Å². The van der Waals surface area contributed by atoms with Gasteiger partial charge in [-0.15, -0.1) is 0 Å². The quantitative estimate of drug-likeness (QED) is 0.233. The van der Waals surface area contributed by atoms with Gasteiger partial charge in [0.2, 0.25) is 0 Å². The number of nitrogens with zero attached hydrogens (tertiary/aromatic N) is 2. The predicted octanol–water partition coefficient (Wildman–Crippen LogP) is 5.61. The standard InChI is InChI=1S/C33H22ClFN2O4/c34-20-13-9-19(10-14-20)31(39)36(17-26(38)18-11-15-21(35)16-12-18)37-32(40)29-27-22-5-1-2-6-23(22)28(30(29)33(37)41)25-8-4-3-7-24(25)27/h1-16,27-30H,17H2/t27?,28?,29-,30-/m1/s1. The molecule has 3 aliphatic carbocycles. The van der Waals surface area contributed by atoms with Crippen molar-refractivity contribution >= 4 is 35.1 Å². The number of hydrazine groups is 1. The Morgan fingerprint density at radius 3 is 1.59 bits per heavy atom. The van der Waals surface area contributed by atoms with Crippen molar-refractivity contribution in [3.8, 4) is 0 Å². The Morgan fingerprint density at radius 2 is 1.12 bits per heavy atom. The Hall–Kier alpha value is -4.62. The average Bonchev–Trinajstić information content (AvgIpc) is 3.26. The highest BCUT2D eigenvalue weighted by Gasteiger charge is 2.63. The summed E-state index contributed by atoms with van der Waals surface area (Å²) in [4.78, 5) is 55.8. The van der Waals surface area contributed by atoms with E-state index in [9.17, 15) is 23.6 Å². The van der Waals surface area contributed by atoms with Crippen molar-refractivity contribution in [1.29, 1.82) is 0 Å². The van der Waals surface area contributed by atoms with Gasteiger partial charge >= 0.3 is 0 Å². The molecule has 1 heterocycles. The van der Waals surface area contributed by atoms with Crippen LogP contribution in [0.4, 0.5) is 4.39 Å². The molecule has 202 valence electrons. The van der Waals surface area contributed by atoms with E-state index < -0.39 is 47.7 Å². The zero-order valence-electron chi connectivity index (χ0n) is 21.5. The van der Waals surface area contributed by atoms with E-state index in [1.54, 1.807) is 0 Å². The Kier molecular flexibility index (Phi) is 5.87. The molecule has 0 spiro atoms. The van der Waals surface area contributed by atoms with Crippen molar-refractivity contribution in [2.75, 3.05) is 6.54 Å². The fraction of sp³-hybridized carbons (Fsp3) is 0.152. The molecule has 8 heteroatoms. The molecule has 0 aromatic heterocycles. The third kappa shape index (κ3) is 3.84. The van der Waals surface area contributed by atoms with Crippen molar-refractivity contribution in [1.82, 2.24) is 10.0 Å². The highest BCUT2D eigenvalue weighted by Crippen LogP contribution is 2.61. The smallest absolute Gasteiger partial charge is 0.273 e. The summed E-state index contributed by atoms with van der Waals surface area (Å²) in [6.45, 7) is -0.584. The van der Waals surface area contributed by atoms with E-state index in [2.05, 4.69) is 0 Å². The molecule has 2 atom stereocenters. The fourth-order valence-corrected chi connectivity index (χ4v) is 6.86. The molecule has 3 amide bonds. The number of carbonyl (C=O) groups excluding carboxylic acids is 4. The molecule has 1 aliphatic heterocycles. The molecule has 4 aromatic rings. The summed E-state index contributed by atoms with van der Waals surface area (Å²) >= 11 is 6.03. The minimum atomic E-state index is -0.723. The van der Waals surface area contributed by atoms with Crippen LogP contribution in [0, 0.1) is 17.7 Å². The van der Waals surface area contributed by atoms with Gasteiger partial charge in [-0.1, -0.05) is 60.1 Å². The Bertz CT molecular complexity index is 1640. The SMILES string of the molecule is O=C(CN(C(=O)c1ccc(Cl)cc1)N1C(=O)[C@@H]2C3c4ccccc4C(c4ccccc43)[C@H]2C1=O)c1ccc(F)cc1. The summed E-state index contributed by atoms with van der Waals surface area (Å²) < 4.78 is 13.5. The first-order valence-electron chi connectivity index (χ1n) is 13.3. The average molecular weight is 565 g/mol. The van der Waals surface area contributed by atoms with Crippen molar-refractivity contribution in [3.05, 3.63) is 141 Å². The normalized spacial score (nSPS) is 21.8. The van der Waals surface area contributed by atoms with Crippen LogP contribution in [0.2, 0.25) is 5.02 Å². The van der Waals surface area contributed by atoms with Crippen molar-refractivity contribution in [3.63, 3.8) is 0 Å². The molecule has 2 bridgehead atoms. The van der Waals surface area contributed by atoms with Gasteiger partial charge in [0.05, 0.1) is 11.8 Å². The number of carbonyl (C=O) groups is 4. The van der Waals surface area contributed by atoms with E-state index in [1.807, 2.05) is 48.5 Å². The first-order chi connectivity index (χ1) is 19.8. The topological polar surface area (TPSA) is 74.8 Å². The summed E-state index contributed by atoms with van der Waals surface area (Å²) in [5.74, 6) is -4.96. The van der Waals surface area contributed by atoms with Crippen LogP contribution >= 0.6 is 11.6 Å². The molecule has 4 aliphatic rings. The second-order valence-electron chi connectivity index (χ2n) is 10.6. The molecule has 0 N–H and O–H groups in total. The second kappa shape index (κ2) is 9.49. The largest absolute Gasteiger partial charge is 0.292 e. The van der Waals surface area contributed by atoms with E-state index in [4.69, 9.17) is 11.6 Å². The van der Waals surface area contributed by atoms with E-state index in [0.29, 0.717) is 5.02 Å². The molecule has 0 radical (unpaired) electrons. The van der Waals surface area contributed by atoms with Gasteiger partial charge in [0.25, 0.3) is 17.7 Å². The highest BCUT2D eigenvalue weighted by atomic mass is 35.5.